The molecule has 0 amide bonds. The molecule has 0 aliphatic heterocycles. The summed E-state index contributed by atoms with van der Waals surface area (Å²) in [5.41, 5.74) is 2.61. The Morgan fingerprint density at radius 1 is 0.793 bits per heavy atom. The third kappa shape index (κ3) is 6.08. The normalized spacial score (nSPS) is 12.2. The molecule has 0 saturated heterocycles. The maximum atomic E-state index is 6.26. The van der Waals surface area contributed by atoms with Crippen molar-refractivity contribution in [3.8, 4) is 5.75 Å². The maximum absolute atomic E-state index is 6.26. The lowest BCUT2D eigenvalue weighted by molar-refractivity contribution is 0.301. The van der Waals surface area contributed by atoms with Gasteiger partial charge in [0, 0.05) is 18.2 Å². The number of hydrogen-bond donors (Lipinski definition) is 1. The molecule has 154 valence electrons. The van der Waals surface area contributed by atoms with E-state index >= 15 is 0 Å². The highest BCUT2D eigenvalue weighted by atomic mass is 16.5. The topological polar surface area (TPSA) is 21.3 Å². The van der Waals surface area contributed by atoms with Crippen LogP contribution < -0.4 is 10.1 Å². The summed E-state index contributed by atoms with van der Waals surface area (Å²) < 4.78 is 6.26. The molecule has 0 bridgehead atoms. The van der Waals surface area contributed by atoms with Gasteiger partial charge in [0.05, 0.1) is 6.61 Å². The molecule has 29 heavy (non-hydrogen) atoms. The average molecular weight is 390 g/mol. The number of unbranched alkanes of at least 4 members (excludes halogenated alkanes) is 4. The predicted octanol–water partition coefficient (Wildman–Crippen LogP) is 7.43. The molecular formula is C27H35NO. The van der Waals surface area contributed by atoms with Gasteiger partial charge in [0.1, 0.15) is 5.75 Å². The first-order valence-corrected chi connectivity index (χ1v) is 11.2. The van der Waals surface area contributed by atoms with Crippen LogP contribution in [0.15, 0.2) is 66.7 Å². The van der Waals surface area contributed by atoms with Crippen molar-refractivity contribution in [3.05, 3.63) is 77.9 Å². The van der Waals surface area contributed by atoms with Crippen molar-refractivity contribution in [1.29, 1.82) is 0 Å². The maximum Gasteiger partial charge on any atom is 0.124 e. The highest BCUT2D eigenvalue weighted by Gasteiger charge is 2.13. The number of nitrogens with one attached hydrogen (secondary N) is 1. The number of hydrogen-bond acceptors (Lipinski definition) is 2. The summed E-state index contributed by atoms with van der Waals surface area (Å²) >= 11 is 0. The molecule has 0 aliphatic carbocycles. The minimum Gasteiger partial charge on any atom is -0.493 e. The summed E-state index contributed by atoms with van der Waals surface area (Å²) in [5, 5.41) is 6.33. The molecule has 0 aromatic heterocycles. The molecule has 1 N–H and O–H groups in total. The van der Waals surface area contributed by atoms with Crippen molar-refractivity contribution in [2.75, 3.05) is 6.61 Å². The molecule has 0 heterocycles. The zero-order valence-corrected chi connectivity index (χ0v) is 18.0. The third-order valence-corrected chi connectivity index (χ3v) is 5.64. The van der Waals surface area contributed by atoms with Crippen molar-refractivity contribution in [2.24, 2.45) is 0 Å². The molecule has 1 atom stereocenters. The van der Waals surface area contributed by atoms with Crippen LogP contribution in [0, 0.1) is 0 Å². The van der Waals surface area contributed by atoms with E-state index in [1.165, 1.54) is 47.6 Å². The summed E-state index contributed by atoms with van der Waals surface area (Å²) in [6.45, 7) is 6.09. The largest absolute Gasteiger partial charge is 0.493 e. The Hall–Kier alpha value is -2.32. The molecule has 3 rings (SSSR count). The zero-order chi connectivity index (χ0) is 20.3. The standard InChI is InChI=1S/C27H35NO/c1-3-5-6-7-13-20-29-27-19-18-22-14-11-12-17-24(22)25(27)21-28-26(4-2)23-15-9-8-10-16-23/h8-12,14-19,26,28H,3-7,13,20-21H2,1-2H3. The minimum absolute atomic E-state index is 0.345. The van der Waals surface area contributed by atoms with Gasteiger partial charge in [-0.25, -0.2) is 0 Å². The van der Waals surface area contributed by atoms with Crippen molar-refractivity contribution in [2.45, 2.75) is 65.0 Å². The first-order valence-electron chi connectivity index (χ1n) is 11.2. The first kappa shape index (κ1) is 21.4. The fraction of sp³-hybridized carbons (Fsp3) is 0.407. The highest BCUT2D eigenvalue weighted by Crippen LogP contribution is 2.29. The van der Waals surface area contributed by atoms with E-state index in [4.69, 9.17) is 4.74 Å². The molecular weight excluding hydrogens is 354 g/mol. The second kappa shape index (κ2) is 11.6. The molecule has 3 aromatic carbocycles. The van der Waals surface area contributed by atoms with E-state index in [9.17, 15) is 0 Å². The summed E-state index contributed by atoms with van der Waals surface area (Å²) in [7, 11) is 0. The van der Waals surface area contributed by atoms with Gasteiger partial charge in [0.15, 0.2) is 0 Å². The SMILES string of the molecule is CCCCCCCOc1ccc2ccccc2c1CNC(CC)c1ccccc1. The number of fused-ring (bicyclic) bond motifs is 1. The second-order valence-electron chi connectivity index (χ2n) is 7.78. The van der Waals surface area contributed by atoms with Gasteiger partial charge in [-0.3, -0.25) is 0 Å². The quantitative estimate of drug-likeness (QED) is 0.325. The number of benzene rings is 3. The Kier molecular flexibility index (Phi) is 8.58. The van der Waals surface area contributed by atoms with E-state index in [2.05, 4.69) is 85.9 Å². The molecule has 0 spiro atoms. The number of ether oxygens (including phenoxy) is 1. The van der Waals surface area contributed by atoms with Crippen LogP contribution >= 0.6 is 0 Å². The third-order valence-electron chi connectivity index (χ3n) is 5.64. The Labute approximate surface area is 176 Å². The Morgan fingerprint density at radius 2 is 1.55 bits per heavy atom. The predicted molar refractivity (Wildman–Crippen MR) is 125 cm³/mol. The lowest BCUT2D eigenvalue weighted by atomic mass is 10.0. The Bertz CT molecular complexity index is 859. The van der Waals surface area contributed by atoms with Crippen LogP contribution in [0.3, 0.4) is 0 Å². The monoisotopic (exact) mass is 389 g/mol. The van der Waals surface area contributed by atoms with Gasteiger partial charge in [-0.05, 0) is 35.2 Å². The first-order chi connectivity index (χ1) is 14.3. The molecule has 0 saturated carbocycles. The molecule has 0 aliphatic rings. The van der Waals surface area contributed by atoms with Crippen molar-refractivity contribution >= 4 is 10.8 Å². The highest BCUT2D eigenvalue weighted by molar-refractivity contribution is 5.87. The fourth-order valence-electron chi connectivity index (χ4n) is 3.93. The smallest absolute Gasteiger partial charge is 0.124 e. The van der Waals surface area contributed by atoms with Gasteiger partial charge >= 0.3 is 0 Å². The summed E-state index contributed by atoms with van der Waals surface area (Å²) in [6.07, 6.45) is 7.34. The van der Waals surface area contributed by atoms with E-state index in [1.54, 1.807) is 0 Å². The van der Waals surface area contributed by atoms with E-state index in [0.29, 0.717) is 6.04 Å². The van der Waals surface area contributed by atoms with Gasteiger partial charge < -0.3 is 10.1 Å². The van der Waals surface area contributed by atoms with E-state index in [0.717, 1.165) is 31.7 Å². The van der Waals surface area contributed by atoms with Crippen LogP contribution in [-0.2, 0) is 6.54 Å². The van der Waals surface area contributed by atoms with Gasteiger partial charge in [-0.2, -0.15) is 0 Å². The second-order valence-corrected chi connectivity index (χ2v) is 7.78. The van der Waals surface area contributed by atoms with Crippen LogP contribution in [0.25, 0.3) is 10.8 Å². The van der Waals surface area contributed by atoms with Crippen molar-refractivity contribution in [3.63, 3.8) is 0 Å². The van der Waals surface area contributed by atoms with Crippen LogP contribution in [0.2, 0.25) is 0 Å². The van der Waals surface area contributed by atoms with Crippen LogP contribution in [0.4, 0.5) is 0 Å². The van der Waals surface area contributed by atoms with Crippen molar-refractivity contribution < 1.29 is 4.74 Å². The van der Waals surface area contributed by atoms with E-state index < -0.39 is 0 Å². The lowest BCUT2D eigenvalue weighted by Gasteiger charge is -2.20. The van der Waals surface area contributed by atoms with Crippen molar-refractivity contribution in [1.82, 2.24) is 5.32 Å². The Balaban J connectivity index is 1.73. The molecule has 2 heteroatoms. The van der Waals surface area contributed by atoms with E-state index in [1.807, 2.05) is 0 Å². The van der Waals surface area contributed by atoms with Crippen LogP contribution in [0.5, 0.6) is 5.75 Å². The van der Waals surface area contributed by atoms with Gasteiger partial charge in [-0.15, -0.1) is 0 Å². The molecule has 2 nitrogen and oxygen atoms in total. The summed E-state index contributed by atoms with van der Waals surface area (Å²) in [5.74, 6) is 1.02. The number of rotatable bonds is 12. The molecule has 1 unspecified atom stereocenters. The molecule has 0 fully saturated rings. The summed E-state index contributed by atoms with van der Waals surface area (Å²) in [6, 6.07) is 24.0. The van der Waals surface area contributed by atoms with Gasteiger partial charge in [0.25, 0.3) is 0 Å². The minimum atomic E-state index is 0.345. The summed E-state index contributed by atoms with van der Waals surface area (Å²) in [4.78, 5) is 0. The molecule has 3 aromatic rings. The van der Waals surface area contributed by atoms with Gasteiger partial charge in [0.2, 0.25) is 0 Å². The van der Waals surface area contributed by atoms with Crippen LogP contribution in [0.1, 0.15) is 69.5 Å². The van der Waals surface area contributed by atoms with Crippen LogP contribution in [-0.4, -0.2) is 6.61 Å². The fourth-order valence-corrected chi connectivity index (χ4v) is 3.93. The zero-order valence-electron chi connectivity index (χ0n) is 18.0. The van der Waals surface area contributed by atoms with E-state index in [-0.39, 0.29) is 0 Å². The molecule has 0 radical (unpaired) electrons. The van der Waals surface area contributed by atoms with Gasteiger partial charge in [-0.1, -0.05) is 100 Å². The lowest BCUT2D eigenvalue weighted by Crippen LogP contribution is -2.21. The Morgan fingerprint density at radius 3 is 2.34 bits per heavy atom. The average Bonchev–Trinajstić information content (AvgIpc) is 2.78.